The van der Waals surface area contributed by atoms with Gasteiger partial charge in [-0.15, -0.1) is 0 Å². The minimum atomic E-state index is -3.84. The fourth-order valence-corrected chi connectivity index (χ4v) is 4.87. The Morgan fingerprint density at radius 2 is 1.76 bits per heavy atom. The Hall–Kier alpha value is -2.55. The Bertz CT molecular complexity index is 1130. The standard InChI is InChI=1S/C20H19ClN4O3S/c1-14-22-12-15(13-23-14)18-10-16(11-20(24-18)25-6-8-28-9-7-25)29(26,27)19-5-3-2-4-17(19)21/h2-5,10-13H,6-9H2,1H3. The van der Waals surface area contributed by atoms with E-state index in [1.54, 1.807) is 43.6 Å². The molecule has 7 nitrogen and oxygen atoms in total. The van der Waals surface area contributed by atoms with Crippen molar-refractivity contribution in [2.24, 2.45) is 0 Å². The molecule has 1 fully saturated rings. The lowest BCUT2D eigenvalue weighted by molar-refractivity contribution is 0.122. The summed E-state index contributed by atoms with van der Waals surface area (Å²) in [5.74, 6) is 1.19. The summed E-state index contributed by atoms with van der Waals surface area (Å²) < 4.78 is 32.1. The van der Waals surface area contributed by atoms with Crippen molar-refractivity contribution in [1.29, 1.82) is 0 Å². The predicted octanol–water partition coefficient (Wildman–Crippen LogP) is 3.17. The maximum Gasteiger partial charge on any atom is 0.208 e. The lowest BCUT2D eigenvalue weighted by atomic mass is 10.2. The molecule has 0 amide bonds. The number of sulfone groups is 1. The normalized spacial score (nSPS) is 14.8. The molecule has 0 aliphatic carbocycles. The van der Waals surface area contributed by atoms with Crippen molar-refractivity contribution in [3.63, 3.8) is 0 Å². The van der Waals surface area contributed by atoms with Gasteiger partial charge in [-0.2, -0.15) is 0 Å². The number of ether oxygens (including phenoxy) is 1. The van der Waals surface area contributed by atoms with Gasteiger partial charge in [0.15, 0.2) is 0 Å². The predicted molar refractivity (Wildman–Crippen MR) is 110 cm³/mol. The molecule has 3 heterocycles. The smallest absolute Gasteiger partial charge is 0.208 e. The van der Waals surface area contributed by atoms with Crippen molar-refractivity contribution < 1.29 is 13.2 Å². The van der Waals surface area contributed by atoms with Crippen LogP contribution in [0.15, 0.2) is 58.6 Å². The second kappa shape index (κ2) is 8.06. The molecule has 9 heteroatoms. The van der Waals surface area contributed by atoms with Crippen LogP contribution in [0.3, 0.4) is 0 Å². The van der Waals surface area contributed by atoms with Gasteiger partial charge in [0.2, 0.25) is 9.84 Å². The Morgan fingerprint density at radius 1 is 1.07 bits per heavy atom. The summed E-state index contributed by atoms with van der Waals surface area (Å²) in [5.41, 5.74) is 1.13. The summed E-state index contributed by atoms with van der Waals surface area (Å²) in [6, 6.07) is 9.53. The number of morpholine rings is 1. The molecule has 0 radical (unpaired) electrons. The molecule has 4 rings (SSSR count). The maximum absolute atomic E-state index is 13.3. The zero-order valence-corrected chi connectivity index (χ0v) is 17.3. The van der Waals surface area contributed by atoms with Crippen LogP contribution in [0.1, 0.15) is 5.82 Å². The van der Waals surface area contributed by atoms with Crippen molar-refractivity contribution >= 4 is 27.3 Å². The third-order valence-corrected chi connectivity index (χ3v) is 6.87. The first kappa shape index (κ1) is 19.8. The van der Waals surface area contributed by atoms with Crippen molar-refractivity contribution in [2.45, 2.75) is 16.7 Å². The molecule has 0 unspecified atom stereocenters. The zero-order valence-electron chi connectivity index (χ0n) is 15.7. The first-order valence-electron chi connectivity index (χ1n) is 9.08. The molecular weight excluding hydrogens is 412 g/mol. The molecule has 1 aliphatic rings. The highest BCUT2D eigenvalue weighted by Crippen LogP contribution is 2.32. The molecule has 3 aromatic rings. The van der Waals surface area contributed by atoms with Gasteiger partial charge in [-0.3, -0.25) is 0 Å². The molecule has 1 aromatic carbocycles. The Balaban J connectivity index is 1.87. The molecule has 2 aromatic heterocycles. The first-order valence-corrected chi connectivity index (χ1v) is 10.9. The van der Waals surface area contributed by atoms with Gasteiger partial charge in [0.05, 0.1) is 33.7 Å². The molecule has 29 heavy (non-hydrogen) atoms. The van der Waals surface area contributed by atoms with Crippen molar-refractivity contribution in [3.05, 3.63) is 59.6 Å². The SMILES string of the molecule is Cc1ncc(-c2cc(S(=O)(=O)c3ccccc3Cl)cc(N3CCOCC3)n2)cn1. The second-order valence-electron chi connectivity index (χ2n) is 6.60. The quantitative estimate of drug-likeness (QED) is 0.628. The van der Waals surface area contributed by atoms with E-state index in [-0.39, 0.29) is 14.8 Å². The molecule has 0 saturated carbocycles. The van der Waals surface area contributed by atoms with Gasteiger partial charge < -0.3 is 9.64 Å². The molecular formula is C20H19ClN4O3S. The topological polar surface area (TPSA) is 85.3 Å². The van der Waals surface area contributed by atoms with E-state index in [4.69, 9.17) is 16.3 Å². The Kier molecular flexibility index (Phi) is 5.49. The molecule has 1 aliphatic heterocycles. The number of aromatic nitrogens is 3. The summed E-state index contributed by atoms with van der Waals surface area (Å²) in [7, 11) is -3.84. The van der Waals surface area contributed by atoms with Crippen molar-refractivity contribution in [3.8, 4) is 11.3 Å². The van der Waals surface area contributed by atoms with E-state index in [0.717, 1.165) is 0 Å². The Labute approximate surface area is 174 Å². The van der Waals surface area contributed by atoms with Gasteiger partial charge in [0.1, 0.15) is 11.6 Å². The lowest BCUT2D eigenvalue weighted by Gasteiger charge is -2.28. The first-order chi connectivity index (χ1) is 13.9. The van der Waals surface area contributed by atoms with Crippen molar-refractivity contribution in [2.75, 3.05) is 31.2 Å². The highest BCUT2D eigenvalue weighted by atomic mass is 35.5. The number of aryl methyl sites for hydroxylation is 1. The maximum atomic E-state index is 13.3. The van der Waals surface area contributed by atoms with E-state index in [1.165, 1.54) is 12.1 Å². The monoisotopic (exact) mass is 430 g/mol. The minimum Gasteiger partial charge on any atom is -0.378 e. The molecule has 150 valence electrons. The number of benzene rings is 1. The van der Waals surface area contributed by atoms with Gasteiger partial charge in [-0.1, -0.05) is 23.7 Å². The van der Waals surface area contributed by atoms with Crippen LogP contribution < -0.4 is 4.90 Å². The van der Waals surface area contributed by atoms with Crippen LogP contribution in [0.2, 0.25) is 5.02 Å². The van der Waals surface area contributed by atoms with Gasteiger partial charge >= 0.3 is 0 Å². The lowest BCUT2D eigenvalue weighted by Crippen LogP contribution is -2.36. The number of hydrogen-bond donors (Lipinski definition) is 0. The van der Waals surface area contributed by atoms with Crippen LogP contribution in [-0.4, -0.2) is 49.7 Å². The summed E-state index contributed by atoms with van der Waals surface area (Å²) in [5, 5.41) is 0.178. The van der Waals surface area contributed by atoms with Gasteiger partial charge in [0.25, 0.3) is 0 Å². The number of halogens is 1. The van der Waals surface area contributed by atoms with E-state index < -0.39 is 9.84 Å². The van der Waals surface area contributed by atoms with Crippen LogP contribution in [0.4, 0.5) is 5.82 Å². The van der Waals surface area contributed by atoms with Crippen LogP contribution in [-0.2, 0) is 14.6 Å². The van der Waals surface area contributed by atoms with Crippen LogP contribution in [0.25, 0.3) is 11.3 Å². The Morgan fingerprint density at radius 3 is 2.45 bits per heavy atom. The highest BCUT2D eigenvalue weighted by molar-refractivity contribution is 7.91. The molecule has 1 saturated heterocycles. The van der Waals surface area contributed by atoms with E-state index in [1.807, 2.05) is 4.90 Å². The number of hydrogen-bond acceptors (Lipinski definition) is 7. The fraction of sp³-hybridized carbons (Fsp3) is 0.250. The summed E-state index contributed by atoms with van der Waals surface area (Å²) >= 11 is 6.18. The second-order valence-corrected chi connectivity index (χ2v) is 8.92. The summed E-state index contributed by atoms with van der Waals surface area (Å²) in [6.07, 6.45) is 3.28. The average molecular weight is 431 g/mol. The fourth-order valence-electron chi connectivity index (χ4n) is 3.06. The number of anilines is 1. The largest absolute Gasteiger partial charge is 0.378 e. The van der Waals surface area contributed by atoms with Gasteiger partial charge in [-0.05, 0) is 31.2 Å². The van der Waals surface area contributed by atoms with Crippen LogP contribution >= 0.6 is 11.6 Å². The van der Waals surface area contributed by atoms with E-state index in [0.29, 0.717) is 49.2 Å². The molecule has 0 N–H and O–H groups in total. The third kappa shape index (κ3) is 4.10. The van der Waals surface area contributed by atoms with Crippen LogP contribution in [0.5, 0.6) is 0 Å². The van der Waals surface area contributed by atoms with E-state index in [2.05, 4.69) is 15.0 Å². The molecule has 0 atom stereocenters. The number of nitrogens with zero attached hydrogens (tertiary/aromatic N) is 4. The van der Waals surface area contributed by atoms with Crippen molar-refractivity contribution in [1.82, 2.24) is 15.0 Å². The summed E-state index contributed by atoms with van der Waals surface area (Å²) in [6.45, 7) is 4.17. The highest BCUT2D eigenvalue weighted by Gasteiger charge is 2.24. The van der Waals surface area contributed by atoms with Crippen LogP contribution in [0, 0.1) is 6.92 Å². The van der Waals surface area contributed by atoms with E-state index in [9.17, 15) is 8.42 Å². The summed E-state index contributed by atoms with van der Waals surface area (Å²) in [4.78, 5) is 15.3. The molecule has 0 spiro atoms. The average Bonchev–Trinajstić information content (AvgIpc) is 2.75. The number of rotatable bonds is 4. The van der Waals surface area contributed by atoms with Gasteiger partial charge in [0, 0.05) is 31.0 Å². The number of pyridine rings is 1. The zero-order chi connectivity index (χ0) is 20.4. The van der Waals surface area contributed by atoms with E-state index >= 15 is 0 Å². The third-order valence-electron chi connectivity index (χ3n) is 4.63. The van der Waals surface area contributed by atoms with Gasteiger partial charge in [-0.25, -0.2) is 23.4 Å². The molecule has 0 bridgehead atoms. The minimum absolute atomic E-state index is 0.0619.